The van der Waals surface area contributed by atoms with Crippen LogP contribution in [0.25, 0.3) is 6.08 Å². The van der Waals surface area contributed by atoms with E-state index in [4.69, 9.17) is 14.6 Å². The topological polar surface area (TPSA) is 91.2 Å². The Balaban J connectivity index is 0.00000338. The normalized spacial score (nSPS) is 20.5. The van der Waals surface area contributed by atoms with Gasteiger partial charge in [-0.25, -0.2) is 4.79 Å². The molecule has 0 saturated heterocycles. The molecule has 26 heavy (non-hydrogen) atoms. The van der Waals surface area contributed by atoms with Crippen LogP contribution in [0.4, 0.5) is 0 Å². The smallest absolute Gasteiger partial charge is 0.859 e. The number of rotatable bonds is 7. The summed E-state index contributed by atoms with van der Waals surface area (Å²) in [7, 11) is 1.47. The molecule has 136 valence electrons. The van der Waals surface area contributed by atoms with Crippen molar-refractivity contribution < 1.29 is 54.0 Å². The van der Waals surface area contributed by atoms with Gasteiger partial charge in [0.2, 0.25) is 0 Å². The summed E-state index contributed by atoms with van der Waals surface area (Å²) < 4.78 is 10.3. The first-order valence-corrected chi connectivity index (χ1v) is 8.43. The molecule has 1 aliphatic rings. The van der Waals surface area contributed by atoms with Crippen molar-refractivity contribution in [1.29, 1.82) is 0 Å². The maximum absolute atomic E-state index is 12.0. The SMILES string of the molecule is COc1cc(/C=C/C([O-])=NC2CCC(C)CC2)ccc1OCC(=O)O.[Na+]. The van der Waals surface area contributed by atoms with E-state index < -0.39 is 12.6 Å². The van der Waals surface area contributed by atoms with Crippen LogP contribution in [0.15, 0.2) is 29.3 Å². The van der Waals surface area contributed by atoms with Crippen LogP contribution in [-0.4, -0.2) is 36.7 Å². The van der Waals surface area contributed by atoms with Crippen molar-refractivity contribution in [3.05, 3.63) is 29.8 Å². The first-order chi connectivity index (χ1) is 12.0. The zero-order valence-electron chi connectivity index (χ0n) is 15.6. The van der Waals surface area contributed by atoms with Gasteiger partial charge in [0.1, 0.15) is 0 Å². The zero-order valence-corrected chi connectivity index (χ0v) is 17.6. The van der Waals surface area contributed by atoms with E-state index in [-0.39, 0.29) is 41.5 Å². The van der Waals surface area contributed by atoms with Gasteiger partial charge in [-0.1, -0.05) is 25.1 Å². The molecule has 0 aliphatic heterocycles. The molecule has 0 atom stereocenters. The summed E-state index contributed by atoms with van der Waals surface area (Å²) in [5.41, 5.74) is 0.750. The summed E-state index contributed by atoms with van der Waals surface area (Å²) in [6.07, 6.45) is 7.32. The Labute approximate surface area is 176 Å². The van der Waals surface area contributed by atoms with Crippen LogP contribution in [0, 0.1) is 5.92 Å². The Morgan fingerprint density at radius 3 is 2.62 bits per heavy atom. The van der Waals surface area contributed by atoms with Crippen LogP contribution in [0.1, 0.15) is 38.2 Å². The summed E-state index contributed by atoms with van der Waals surface area (Å²) in [5, 5.41) is 20.7. The van der Waals surface area contributed by atoms with Crippen LogP contribution in [-0.2, 0) is 4.79 Å². The standard InChI is InChI=1S/C19H25NO5.Na/c1-13-3-7-15(8-4-13)20-18(21)10-6-14-5-9-16(17(11-14)24-2)25-12-19(22)23;/h5-6,9-11,13,15H,3-4,7-8,12H2,1-2H3,(H,20,21)(H,22,23);/q;+1/p-1/b10-6+;. The number of methoxy groups -OCH3 is 1. The van der Waals surface area contributed by atoms with Crippen molar-refractivity contribution in [2.75, 3.05) is 13.7 Å². The molecule has 0 amide bonds. The van der Waals surface area contributed by atoms with Gasteiger partial charge in [0.25, 0.3) is 0 Å². The zero-order chi connectivity index (χ0) is 18.2. The van der Waals surface area contributed by atoms with Gasteiger partial charge in [-0.05, 0) is 55.2 Å². The predicted octanol–water partition coefficient (Wildman–Crippen LogP) is -0.487. The minimum absolute atomic E-state index is 0. The molecule has 0 bridgehead atoms. The second-order valence-corrected chi connectivity index (χ2v) is 6.31. The molecule has 6 nitrogen and oxygen atoms in total. The van der Waals surface area contributed by atoms with Crippen molar-refractivity contribution in [2.24, 2.45) is 10.9 Å². The third-order valence-corrected chi connectivity index (χ3v) is 4.25. The maximum Gasteiger partial charge on any atom is 1.00 e. The van der Waals surface area contributed by atoms with Gasteiger partial charge in [0.15, 0.2) is 18.1 Å². The van der Waals surface area contributed by atoms with E-state index in [0.29, 0.717) is 11.5 Å². The maximum atomic E-state index is 12.0. The van der Waals surface area contributed by atoms with Crippen molar-refractivity contribution in [3.8, 4) is 11.5 Å². The Morgan fingerprint density at radius 2 is 2.00 bits per heavy atom. The molecule has 1 saturated carbocycles. The third-order valence-electron chi connectivity index (χ3n) is 4.25. The van der Waals surface area contributed by atoms with Crippen LogP contribution < -0.4 is 44.1 Å². The van der Waals surface area contributed by atoms with Gasteiger partial charge >= 0.3 is 35.5 Å². The molecule has 7 heteroatoms. The molecule has 1 aromatic carbocycles. The Kier molecular flexibility index (Phi) is 9.76. The van der Waals surface area contributed by atoms with E-state index in [2.05, 4.69) is 11.9 Å². The van der Waals surface area contributed by atoms with Gasteiger partial charge in [-0.15, -0.1) is 0 Å². The van der Waals surface area contributed by atoms with Gasteiger partial charge < -0.3 is 19.7 Å². The fourth-order valence-electron chi connectivity index (χ4n) is 2.81. The summed E-state index contributed by atoms with van der Waals surface area (Å²) in [5.74, 6) is 0.190. The Morgan fingerprint density at radius 1 is 1.31 bits per heavy atom. The van der Waals surface area contributed by atoms with E-state index in [1.807, 2.05) is 0 Å². The summed E-state index contributed by atoms with van der Waals surface area (Å²) in [4.78, 5) is 14.8. The molecule has 1 aliphatic carbocycles. The summed E-state index contributed by atoms with van der Waals surface area (Å²) >= 11 is 0. The van der Waals surface area contributed by atoms with E-state index in [0.717, 1.165) is 37.2 Å². The second kappa shape index (κ2) is 11.3. The molecule has 1 fully saturated rings. The van der Waals surface area contributed by atoms with Gasteiger partial charge in [-0.3, -0.25) is 4.99 Å². The van der Waals surface area contributed by atoms with Crippen molar-refractivity contribution in [3.63, 3.8) is 0 Å². The van der Waals surface area contributed by atoms with Crippen LogP contribution in [0.3, 0.4) is 0 Å². The number of nitrogens with zero attached hydrogens (tertiary/aromatic N) is 1. The van der Waals surface area contributed by atoms with Gasteiger partial charge in [0.05, 0.1) is 7.11 Å². The van der Waals surface area contributed by atoms with Gasteiger partial charge in [-0.2, -0.15) is 0 Å². The number of carboxylic acids is 1. The van der Waals surface area contributed by atoms with Crippen molar-refractivity contribution in [1.82, 2.24) is 0 Å². The fourth-order valence-corrected chi connectivity index (χ4v) is 2.81. The van der Waals surface area contributed by atoms with E-state index in [1.54, 1.807) is 24.3 Å². The summed E-state index contributed by atoms with van der Waals surface area (Å²) in [6.45, 7) is 1.79. The number of carbonyl (C=O) groups is 1. The number of hydrogen-bond donors (Lipinski definition) is 1. The molecular weight excluding hydrogens is 345 g/mol. The number of aliphatic imine (C=N–C) groups is 1. The molecule has 0 aromatic heterocycles. The Hall–Kier alpha value is -1.50. The number of ether oxygens (including phenoxy) is 2. The quantitative estimate of drug-likeness (QED) is 0.398. The average molecular weight is 369 g/mol. The molecule has 0 heterocycles. The molecule has 1 N–H and O–H groups in total. The summed E-state index contributed by atoms with van der Waals surface area (Å²) in [6, 6.07) is 5.16. The van der Waals surface area contributed by atoms with Crippen molar-refractivity contribution >= 4 is 17.9 Å². The van der Waals surface area contributed by atoms with Crippen LogP contribution in [0.5, 0.6) is 11.5 Å². The molecule has 0 spiro atoms. The third kappa shape index (κ3) is 7.40. The minimum Gasteiger partial charge on any atom is -0.859 e. The monoisotopic (exact) mass is 369 g/mol. The van der Waals surface area contributed by atoms with E-state index in [1.165, 1.54) is 13.2 Å². The van der Waals surface area contributed by atoms with Crippen molar-refractivity contribution in [2.45, 2.75) is 38.6 Å². The molecule has 0 radical (unpaired) electrons. The fraction of sp³-hybridized carbons (Fsp3) is 0.474. The second-order valence-electron chi connectivity index (χ2n) is 6.31. The van der Waals surface area contributed by atoms with E-state index in [9.17, 15) is 9.90 Å². The van der Waals surface area contributed by atoms with Gasteiger partial charge in [0, 0.05) is 6.04 Å². The average Bonchev–Trinajstić information content (AvgIpc) is 2.60. The first kappa shape index (κ1) is 22.5. The minimum atomic E-state index is -1.06. The van der Waals surface area contributed by atoms with Crippen LogP contribution in [0.2, 0.25) is 0 Å². The Bertz CT molecular complexity index is 651. The molecule has 1 aromatic rings. The van der Waals surface area contributed by atoms with E-state index >= 15 is 0 Å². The molecule has 2 rings (SSSR count). The number of hydrogen-bond acceptors (Lipinski definition) is 5. The largest absolute Gasteiger partial charge is 1.00 e. The number of benzene rings is 1. The number of carboxylic acid groups (broad SMARTS) is 1. The first-order valence-electron chi connectivity index (χ1n) is 8.43. The molecular formula is C19H24NNaO5. The number of aliphatic carboxylic acids is 1. The predicted molar refractivity (Wildman–Crippen MR) is 94.0 cm³/mol. The van der Waals surface area contributed by atoms with Crippen LogP contribution >= 0.6 is 0 Å². The molecule has 0 unspecified atom stereocenters.